The topological polar surface area (TPSA) is 110 Å². The Hall–Kier alpha value is -1.00. The predicted molar refractivity (Wildman–Crippen MR) is 87.8 cm³/mol. The zero-order valence-electron chi connectivity index (χ0n) is 13.3. The van der Waals surface area contributed by atoms with Gasteiger partial charge in [-0.05, 0) is 56.1 Å². The minimum Gasteiger partial charge on any atom is -0.330 e. The molecule has 9 heteroatoms. The number of hydrogen-bond donors (Lipinski definition) is 2. The van der Waals surface area contributed by atoms with E-state index in [1.807, 2.05) is 0 Å². The van der Waals surface area contributed by atoms with E-state index in [0.717, 1.165) is 6.42 Å². The van der Waals surface area contributed by atoms with Crippen molar-refractivity contribution in [1.29, 1.82) is 0 Å². The Bertz CT molecular complexity index is 745. The Kier molecular flexibility index (Phi) is 5.47. The molecule has 0 saturated carbocycles. The van der Waals surface area contributed by atoms with Gasteiger partial charge in [0, 0.05) is 13.1 Å². The van der Waals surface area contributed by atoms with Crippen LogP contribution in [0, 0.1) is 11.8 Å². The van der Waals surface area contributed by atoms with E-state index in [1.54, 1.807) is 0 Å². The maximum Gasteiger partial charge on any atom is 0.243 e. The Morgan fingerprint density at radius 2 is 1.74 bits per heavy atom. The molecule has 1 aliphatic rings. The molecule has 1 saturated heterocycles. The van der Waals surface area contributed by atoms with Gasteiger partial charge in [-0.2, -0.15) is 4.31 Å². The van der Waals surface area contributed by atoms with Gasteiger partial charge in [0.2, 0.25) is 20.0 Å². The second-order valence-electron chi connectivity index (χ2n) is 5.80. The molecular formula is C14H23N3O4S2. The van der Waals surface area contributed by atoms with E-state index in [2.05, 4.69) is 11.6 Å². The molecule has 0 bridgehead atoms. The number of nitrogens with two attached hydrogens (primary N) is 1. The van der Waals surface area contributed by atoms with Crippen molar-refractivity contribution in [2.24, 2.45) is 17.6 Å². The second kappa shape index (κ2) is 6.86. The van der Waals surface area contributed by atoms with Crippen LogP contribution in [0.3, 0.4) is 0 Å². The molecule has 1 aromatic rings. The average molecular weight is 361 g/mol. The van der Waals surface area contributed by atoms with Gasteiger partial charge < -0.3 is 5.73 Å². The fourth-order valence-electron chi connectivity index (χ4n) is 2.70. The summed E-state index contributed by atoms with van der Waals surface area (Å²) in [5, 5.41) is 0. The third-order valence-electron chi connectivity index (χ3n) is 4.42. The number of piperidine rings is 1. The number of hydrogen-bond acceptors (Lipinski definition) is 5. The van der Waals surface area contributed by atoms with Crippen molar-refractivity contribution >= 4 is 20.0 Å². The summed E-state index contributed by atoms with van der Waals surface area (Å²) in [6.45, 7) is 3.39. The summed E-state index contributed by atoms with van der Waals surface area (Å²) >= 11 is 0. The van der Waals surface area contributed by atoms with Crippen LogP contribution in [0.4, 0.5) is 0 Å². The molecule has 1 heterocycles. The molecule has 23 heavy (non-hydrogen) atoms. The third-order valence-corrected chi connectivity index (χ3v) is 7.73. The summed E-state index contributed by atoms with van der Waals surface area (Å²) in [7, 11) is -5.91. The lowest BCUT2D eigenvalue weighted by Gasteiger charge is -2.35. The van der Waals surface area contributed by atoms with Crippen molar-refractivity contribution in [3.8, 4) is 0 Å². The SMILES string of the molecule is CNS(=O)(=O)c1ccc(S(=O)(=O)N2CCC(C)C(CN)C2)cc1. The zero-order chi connectivity index (χ0) is 17.3. The summed E-state index contributed by atoms with van der Waals surface area (Å²) in [4.78, 5) is 0.129. The fraction of sp³-hybridized carbons (Fsp3) is 0.571. The van der Waals surface area contributed by atoms with Crippen LogP contribution in [0.2, 0.25) is 0 Å². The highest BCUT2D eigenvalue weighted by atomic mass is 32.2. The van der Waals surface area contributed by atoms with Crippen molar-refractivity contribution in [2.75, 3.05) is 26.7 Å². The van der Waals surface area contributed by atoms with Gasteiger partial charge in [0.1, 0.15) is 0 Å². The molecule has 0 aliphatic carbocycles. The first kappa shape index (κ1) is 18.3. The molecule has 2 atom stereocenters. The Morgan fingerprint density at radius 1 is 1.17 bits per heavy atom. The van der Waals surface area contributed by atoms with Crippen molar-refractivity contribution in [3.63, 3.8) is 0 Å². The number of nitrogens with one attached hydrogen (secondary N) is 1. The van der Waals surface area contributed by atoms with Gasteiger partial charge in [-0.15, -0.1) is 0 Å². The molecule has 130 valence electrons. The molecular weight excluding hydrogens is 338 g/mol. The Morgan fingerprint density at radius 3 is 2.26 bits per heavy atom. The van der Waals surface area contributed by atoms with Gasteiger partial charge in [-0.25, -0.2) is 21.6 Å². The van der Waals surface area contributed by atoms with Crippen LogP contribution in [0.5, 0.6) is 0 Å². The number of rotatable bonds is 5. The molecule has 3 N–H and O–H groups in total. The molecule has 0 spiro atoms. The quantitative estimate of drug-likeness (QED) is 0.778. The molecule has 1 fully saturated rings. The molecule has 0 aromatic heterocycles. The average Bonchev–Trinajstić information content (AvgIpc) is 2.55. The zero-order valence-corrected chi connectivity index (χ0v) is 14.9. The van der Waals surface area contributed by atoms with Gasteiger partial charge in [0.05, 0.1) is 9.79 Å². The van der Waals surface area contributed by atoms with Crippen LogP contribution in [-0.2, 0) is 20.0 Å². The minimum absolute atomic E-state index is 0.0334. The summed E-state index contributed by atoms with van der Waals surface area (Å²) < 4.78 is 52.4. The van der Waals surface area contributed by atoms with Gasteiger partial charge in [0.25, 0.3) is 0 Å². The highest BCUT2D eigenvalue weighted by molar-refractivity contribution is 7.89. The molecule has 2 unspecified atom stereocenters. The molecule has 7 nitrogen and oxygen atoms in total. The molecule has 2 rings (SSSR count). The smallest absolute Gasteiger partial charge is 0.243 e. The molecule has 0 radical (unpaired) electrons. The summed E-state index contributed by atoms with van der Waals surface area (Å²) in [5.74, 6) is 0.539. The van der Waals surface area contributed by atoms with Gasteiger partial charge in [-0.1, -0.05) is 6.92 Å². The summed E-state index contributed by atoms with van der Waals surface area (Å²) in [5.41, 5.74) is 5.73. The summed E-state index contributed by atoms with van der Waals surface area (Å²) in [6, 6.07) is 5.25. The van der Waals surface area contributed by atoms with Crippen molar-refractivity contribution in [2.45, 2.75) is 23.1 Å². The molecule has 1 aliphatic heterocycles. The standard InChI is InChI=1S/C14H23N3O4S2/c1-11-7-8-17(10-12(11)9-15)23(20,21)14-5-3-13(4-6-14)22(18,19)16-2/h3-6,11-12,16H,7-10,15H2,1-2H3. The lowest BCUT2D eigenvalue weighted by Crippen LogP contribution is -2.45. The summed E-state index contributed by atoms with van der Waals surface area (Å²) in [6.07, 6.45) is 0.771. The van der Waals surface area contributed by atoms with E-state index in [9.17, 15) is 16.8 Å². The Labute approximate surface area is 138 Å². The monoisotopic (exact) mass is 361 g/mol. The van der Waals surface area contributed by atoms with Gasteiger partial charge >= 0.3 is 0 Å². The maximum atomic E-state index is 12.7. The van der Waals surface area contributed by atoms with Crippen LogP contribution in [0.1, 0.15) is 13.3 Å². The minimum atomic E-state index is -3.63. The number of sulfonamides is 2. The lowest BCUT2D eigenvalue weighted by molar-refractivity contribution is 0.203. The highest BCUT2D eigenvalue weighted by Crippen LogP contribution is 2.27. The van der Waals surface area contributed by atoms with Crippen molar-refractivity contribution < 1.29 is 16.8 Å². The van der Waals surface area contributed by atoms with E-state index in [-0.39, 0.29) is 15.7 Å². The third kappa shape index (κ3) is 3.74. The van der Waals surface area contributed by atoms with E-state index >= 15 is 0 Å². The van der Waals surface area contributed by atoms with E-state index in [0.29, 0.717) is 25.6 Å². The van der Waals surface area contributed by atoms with Crippen LogP contribution in [-0.4, -0.2) is 47.8 Å². The number of nitrogens with zero attached hydrogens (tertiary/aromatic N) is 1. The van der Waals surface area contributed by atoms with Crippen molar-refractivity contribution in [3.05, 3.63) is 24.3 Å². The van der Waals surface area contributed by atoms with Crippen molar-refractivity contribution in [1.82, 2.24) is 9.03 Å². The lowest BCUT2D eigenvalue weighted by atomic mass is 9.88. The predicted octanol–water partition coefficient (Wildman–Crippen LogP) is 0.200. The van der Waals surface area contributed by atoms with Gasteiger partial charge in [-0.3, -0.25) is 0 Å². The first-order valence-electron chi connectivity index (χ1n) is 7.46. The Balaban J connectivity index is 2.26. The first-order chi connectivity index (χ1) is 10.7. The van der Waals surface area contributed by atoms with E-state index in [1.165, 1.54) is 35.6 Å². The molecule has 1 aromatic carbocycles. The number of benzene rings is 1. The van der Waals surface area contributed by atoms with Gasteiger partial charge in [0.15, 0.2) is 0 Å². The van der Waals surface area contributed by atoms with E-state index in [4.69, 9.17) is 5.73 Å². The first-order valence-corrected chi connectivity index (χ1v) is 10.4. The fourth-order valence-corrected chi connectivity index (χ4v) is 4.94. The normalized spacial score (nSPS) is 23.8. The van der Waals surface area contributed by atoms with Crippen LogP contribution in [0.15, 0.2) is 34.1 Å². The van der Waals surface area contributed by atoms with Crippen LogP contribution in [0.25, 0.3) is 0 Å². The largest absolute Gasteiger partial charge is 0.330 e. The second-order valence-corrected chi connectivity index (χ2v) is 9.63. The maximum absolute atomic E-state index is 12.7. The van der Waals surface area contributed by atoms with Crippen LogP contribution >= 0.6 is 0 Å². The highest BCUT2D eigenvalue weighted by Gasteiger charge is 2.33. The van der Waals surface area contributed by atoms with Crippen LogP contribution < -0.4 is 10.5 Å². The molecule has 0 amide bonds. The van der Waals surface area contributed by atoms with E-state index < -0.39 is 20.0 Å².